The first kappa shape index (κ1) is 13.8. The summed E-state index contributed by atoms with van der Waals surface area (Å²) in [6.45, 7) is 1.44. The minimum atomic E-state index is -0.360. The van der Waals surface area contributed by atoms with Crippen LogP contribution in [0.4, 0.5) is 4.39 Å². The van der Waals surface area contributed by atoms with Crippen LogP contribution in [0.2, 0.25) is 0 Å². The maximum absolute atomic E-state index is 14.0. The van der Waals surface area contributed by atoms with Gasteiger partial charge in [0.1, 0.15) is 5.82 Å². The van der Waals surface area contributed by atoms with Crippen molar-refractivity contribution in [2.45, 2.75) is 16.7 Å². The van der Waals surface area contributed by atoms with Crippen molar-refractivity contribution < 1.29 is 9.18 Å². The lowest BCUT2D eigenvalue weighted by Crippen LogP contribution is -1.93. The molecule has 0 saturated carbocycles. The van der Waals surface area contributed by atoms with Crippen LogP contribution in [0, 0.1) is 5.82 Å². The number of halogens is 1. The maximum atomic E-state index is 14.0. The molecule has 21 heavy (non-hydrogen) atoms. The third-order valence-electron chi connectivity index (χ3n) is 3.29. The highest BCUT2D eigenvalue weighted by Gasteiger charge is 2.08. The second-order valence-electron chi connectivity index (χ2n) is 4.81. The Morgan fingerprint density at radius 1 is 0.952 bits per heavy atom. The second-order valence-corrected chi connectivity index (χ2v) is 5.93. The van der Waals surface area contributed by atoms with Crippen LogP contribution in [0.1, 0.15) is 17.3 Å². The Morgan fingerprint density at radius 3 is 2.43 bits per heavy atom. The highest BCUT2D eigenvalue weighted by Crippen LogP contribution is 2.32. The summed E-state index contributed by atoms with van der Waals surface area (Å²) in [5, 5.41) is 2.29. The maximum Gasteiger partial charge on any atom is 0.159 e. The molecule has 104 valence electrons. The van der Waals surface area contributed by atoms with Crippen LogP contribution in [-0.4, -0.2) is 5.78 Å². The third kappa shape index (κ3) is 2.98. The van der Waals surface area contributed by atoms with Crippen molar-refractivity contribution in [1.29, 1.82) is 0 Å². The van der Waals surface area contributed by atoms with E-state index >= 15 is 0 Å². The van der Waals surface area contributed by atoms with Gasteiger partial charge < -0.3 is 0 Å². The van der Waals surface area contributed by atoms with Gasteiger partial charge in [-0.15, -0.1) is 0 Å². The molecule has 0 heterocycles. The van der Waals surface area contributed by atoms with Gasteiger partial charge in [0.05, 0.1) is 0 Å². The molecule has 0 aliphatic rings. The minimum Gasteiger partial charge on any atom is -0.295 e. The van der Waals surface area contributed by atoms with Crippen molar-refractivity contribution in [3.63, 3.8) is 0 Å². The molecule has 3 aromatic carbocycles. The highest BCUT2D eigenvalue weighted by molar-refractivity contribution is 7.99. The average Bonchev–Trinajstić information content (AvgIpc) is 2.49. The molecule has 0 bridgehead atoms. The molecule has 0 fully saturated rings. The molecule has 0 amide bonds. The summed E-state index contributed by atoms with van der Waals surface area (Å²) in [5.74, 6) is -0.489. The number of rotatable bonds is 3. The Balaban J connectivity index is 1.93. The predicted molar refractivity (Wildman–Crippen MR) is 84.5 cm³/mol. The van der Waals surface area contributed by atoms with Gasteiger partial charge in [-0.05, 0) is 42.0 Å². The third-order valence-corrected chi connectivity index (χ3v) is 4.33. The van der Waals surface area contributed by atoms with Crippen LogP contribution in [0.3, 0.4) is 0 Å². The van der Waals surface area contributed by atoms with E-state index in [9.17, 15) is 9.18 Å². The topological polar surface area (TPSA) is 17.1 Å². The standard InChI is InChI=1S/C18H13FOS/c1-12(20)14-7-9-18(17(19)11-14)21-16-8-6-13-4-2-3-5-15(13)10-16/h2-11H,1H3. The van der Waals surface area contributed by atoms with Crippen LogP contribution >= 0.6 is 11.8 Å². The van der Waals surface area contributed by atoms with E-state index in [4.69, 9.17) is 0 Å². The number of Topliss-reactive ketones (excluding diaryl/α,β-unsaturated/α-hetero) is 1. The molecular formula is C18H13FOS. The molecule has 3 aromatic rings. The van der Waals surface area contributed by atoms with Crippen molar-refractivity contribution in [3.8, 4) is 0 Å². The summed E-state index contributed by atoms with van der Waals surface area (Å²) < 4.78 is 14.0. The monoisotopic (exact) mass is 296 g/mol. The van der Waals surface area contributed by atoms with Crippen molar-refractivity contribution in [3.05, 3.63) is 72.0 Å². The van der Waals surface area contributed by atoms with Gasteiger partial charge in [-0.2, -0.15) is 0 Å². The van der Waals surface area contributed by atoms with Crippen molar-refractivity contribution in [2.24, 2.45) is 0 Å². The molecule has 3 heteroatoms. The van der Waals surface area contributed by atoms with E-state index in [1.54, 1.807) is 12.1 Å². The van der Waals surface area contributed by atoms with Gasteiger partial charge in [-0.3, -0.25) is 4.79 Å². The Bertz CT molecular complexity index is 826. The molecule has 0 unspecified atom stereocenters. The quantitative estimate of drug-likeness (QED) is 0.607. The highest BCUT2D eigenvalue weighted by atomic mass is 32.2. The van der Waals surface area contributed by atoms with Gasteiger partial charge >= 0.3 is 0 Å². The van der Waals surface area contributed by atoms with Gasteiger partial charge in [0.25, 0.3) is 0 Å². The summed E-state index contributed by atoms with van der Waals surface area (Å²) in [6.07, 6.45) is 0. The largest absolute Gasteiger partial charge is 0.295 e. The molecule has 0 N–H and O–H groups in total. The van der Waals surface area contributed by atoms with E-state index in [-0.39, 0.29) is 11.6 Å². The van der Waals surface area contributed by atoms with Crippen LogP contribution in [-0.2, 0) is 0 Å². The lowest BCUT2D eigenvalue weighted by molar-refractivity contribution is 0.101. The van der Waals surface area contributed by atoms with Crippen LogP contribution in [0.25, 0.3) is 10.8 Å². The molecule has 0 aromatic heterocycles. The number of benzene rings is 3. The minimum absolute atomic E-state index is 0.129. The SMILES string of the molecule is CC(=O)c1ccc(Sc2ccc3ccccc3c2)c(F)c1. The number of fused-ring (bicyclic) bond motifs is 1. The van der Waals surface area contributed by atoms with Gasteiger partial charge in [-0.1, -0.05) is 48.2 Å². The normalized spacial score (nSPS) is 10.8. The first-order chi connectivity index (χ1) is 10.1. The van der Waals surface area contributed by atoms with Crippen molar-refractivity contribution in [1.82, 2.24) is 0 Å². The van der Waals surface area contributed by atoms with E-state index < -0.39 is 0 Å². The van der Waals surface area contributed by atoms with Gasteiger partial charge in [0, 0.05) is 15.4 Å². The molecule has 1 nitrogen and oxygen atoms in total. The number of carbonyl (C=O) groups is 1. The molecule has 0 atom stereocenters. The molecule has 0 aliphatic heterocycles. The van der Waals surface area contributed by atoms with Gasteiger partial charge in [0.2, 0.25) is 0 Å². The number of hydrogen-bond acceptors (Lipinski definition) is 2. The summed E-state index contributed by atoms with van der Waals surface area (Å²) in [4.78, 5) is 12.7. The first-order valence-corrected chi connectivity index (χ1v) is 7.42. The van der Waals surface area contributed by atoms with Crippen LogP contribution in [0.5, 0.6) is 0 Å². The predicted octanol–water partition coefficient (Wildman–Crippen LogP) is 5.33. The number of ketones is 1. The average molecular weight is 296 g/mol. The van der Waals surface area contributed by atoms with Gasteiger partial charge in [-0.25, -0.2) is 4.39 Å². The second kappa shape index (κ2) is 5.70. The van der Waals surface area contributed by atoms with Gasteiger partial charge in [0.15, 0.2) is 5.78 Å². The summed E-state index contributed by atoms with van der Waals surface area (Å²) in [7, 11) is 0. The summed E-state index contributed by atoms with van der Waals surface area (Å²) in [6, 6.07) is 18.7. The van der Waals surface area contributed by atoms with Crippen molar-refractivity contribution >= 4 is 28.3 Å². The Kier molecular flexibility index (Phi) is 3.76. The fourth-order valence-electron chi connectivity index (χ4n) is 2.16. The summed E-state index contributed by atoms with van der Waals surface area (Å²) in [5.41, 5.74) is 0.398. The van der Waals surface area contributed by atoms with Crippen LogP contribution in [0.15, 0.2) is 70.5 Å². The molecule has 3 rings (SSSR count). The van der Waals surface area contributed by atoms with Crippen molar-refractivity contribution in [2.75, 3.05) is 0 Å². The molecule has 0 aliphatic carbocycles. The van der Waals surface area contributed by atoms with E-state index in [1.807, 2.05) is 42.5 Å². The van der Waals surface area contributed by atoms with Crippen LogP contribution < -0.4 is 0 Å². The zero-order valence-electron chi connectivity index (χ0n) is 11.5. The van der Waals surface area contributed by atoms with E-state index in [1.165, 1.54) is 24.8 Å². The fraction of sp³-hybridized carbons (Fsp3) is 0.0556. The Hall–Kier alpha value is -2.13. The number of hydrogen-bond donors (Lipinski definition) is 0. The number of carbonyl (C=O) groups excluding carboxylic acids is 1. The molecular weight excluding hydrogens is 283 g/mol. The summed E-state index contributed by atoms with van der Waals surface area (Å²) >= 11 is 1.36. The Morgan fingerprint density at radius 2 is 1.71 bits per heavy atom. The zero-order valence-corrected chi connectivity index (χ0v) is 12.3. The molecule has 0 saturated heterocycles. The molecule has 0 spiro atoms. The lowest BCUT2D eigenvalue weighted by atomic mass is 10.1. The van der Waals surface area contributed by atoms with E-state index in [0.717, 1.165) is 15.7 Å². The van der Waals surface area contributed by atoms with E-state index in [0.29, 0.717) is 10.5 Å². The lowest BCUT2D eigenvalue weighted by Gasteiger charge is -2.06. The zero-order chi connectivity index (χ0) is 14.8. The molecule has 0 radical (unpaired) electrons. The Labute approximate surface area is 126 Å². The smallest absolute Gasteiger partial charge is 0.159 e. The van der Waals surface area contributed by atoms with E-state index in [2.05, 4.69) is 0 Å². The fourth-order valence-corrected chi connectivity index (χ4v) is 3.03. The first-order valence-electron chi connectivity index (χ1n) is 6.60.